The molecule has 3 aromatic heterocycles. The number of aliphatic hydroxyl groups is 1. The largest absolute Gasteiger partial charge is 0.493 e. The van der Waals surface area contributed by atoms with Gasteiger partial charge >= 0.3 is 5.69 Å². The summed E-state index contributed by atoms with van der Waals surface area (Å²) < 4.78 is 23.2. The Morgan fingerprint density at radius 2 is 2.03 bits per heavy atom. The maximum absolute atomic E-state index is 14.0. The predicted molar refractivity (Wildman–Crippen MR) is 127 cm³/mol. The Hall–Kier alpha value is -4.05. The van der Waals surface area contributed by atoms with E-state index in [2.05, 4.69) is 15.0 Å². The number of nitrogens with one attached hydrogen (secondary N) is 1. The minimum atomic E-state index is -0.413. The van der Waals surface area contributed by atoms with Gasteiger partial charge in [-0.2, -0.15) is 4.98 Å². The van der Waals surface area contributed by atoms with Gasteiger partial charge < -0.3 is 14.8 Å². The van der Waals surface area contributed by atoms with Gasteiger partial charge in [-0.25, -0.2) is 19.2 Å². The average molecular weight is 474 g/mol. The fraction of sp³-hybridized carbons (Fsp3) is 0.280. The van der Waals surface area contributed by atoms with E-state index in [0.717, 1.165) is 37.0 Å². The van der Waals surface area contributed by atoms with Crippen LogP contribution < -0.4 is 10.4 Å². The third-order valence-corrected chi connectivity index (χ3v) is 6.48. The van der Waals surface area contributed by atoms with Crippen molar-refractivity contribution < 1.29 is 14.2 Å². The number of halogens is 1. The maximum Gasteiger partial charge on any atom is 0.328 e. The molecule has 2 N–H and O–H groups in total. The van der Waals surface area contributed by atoms with Gasteiger partial charge in [0.1, 0.15) is 23.4 Å². The van der Waals surface area contributed by atoms with Gasteiger partial charge in [-0.05, 0) is 37.5 Å². The number of para-hydroxylation sites is 1. The number of aromatic amines is 1. The van der Waals surface area contributed by atoms with Crippen LogP contribution in [0.5, 0.6) is 5.75 Å². The molecule has 1 aliphatic rings. The first-order valence-electron chi connectivity index (χ1n) is 11.6. The summed E-state index contributed by atoms with van der Waals surface area (Å²) in [5, 5.41) is 10.1. The quantitative estimate of drug-likeness (QED) is 0.413. The highest BCUT2D eigenvalue weighted by atomic mass is 19.1. The first kappa shape index (κ1) is 21.5. The molecular formula is C25H23FN6O3. The summed E-state index contributed by atoms with van der Waals surface area (Å²) in [7, 11) is 0. The van der Waals surface area contributed by atoms with Gasteiger partial charge in [0.2, 0.25) is 5.95 Å². The van der Waals surface area contributed by atoms with Crippen LogP contribution in [-0.2, 0) is 6.61 Å². The zero-order valence-corrected chi connectivity index (χ0v) is 18.8. The molecule has 0 amide bonds. The molecular weight excluding hydrogens is 451 g/mol. The lowest BCUT2D eigenvalue weighted by molar-refractivity contribution is 0.278. The molecule has 0 saturated heterocycles. The molecule has 5 aromatic rings. The SMILES string of the molecule is O=c1[nH]c2c(CO)nc(-n3cnc4ccc(F)cc43)nc2n1C1CCCCCOc2ccccc21. The number of ether oxygens (including phenoxy) is 1. The lowest BCUT2D eigenvalue weighted by Crippen LogP contribution is -2.24. The molecule has 178 valence electrons. The highest BCUT2D eigenvalue weighted by Gasteiger charge is 2.26. The molecule has 2 aromatic carbocycles. The number of hydrogen-bond donors (Lipinski definition) is 2. The molecule has 0 spiro atoms. The Morgan fingerprint density at radius 3 is 2.91 bits per heavy atom. The second kappa shape index (κ2) is 8.62. The van der Waals surface area contributed by atoms with E-state index >= 15 is 0 Å². The van der Waals surface area contributed by atoms with Crippen LogP contribution in [-0.4, -0.2) is 40.8 Å². The van der Waals surface area contributed by atoms with E-state index in [1.807, 2.05) is 24.3 Å². The number of hydrogen-bond acceptors (Lipinski definition) is 6. The van der Waals surface area contributed by atoms with Gasteiger partial charge in [0, 0.05) is 11.6 Å². The summed E-state index contributed by atoms with van der Waals surface area (Å²) >= 11 is 0. The standard InChI is InChI=1S/C25H23FN6O3/c26-15-9-10-17-20(12-15)31(14-27-17)24-28-18(13-33)22-23(30-24)32(25(34)29-22)19-7-2-1-5-11-35-21-8-4-3-6-16(19)21/h3-4,6,8-10,12,14,19,33H,1-2,5,7,11,13H2,(H,29,34). The van der Waals surface area contributed by atoms with E-state index in [-0.39, 0.29) is 23.4 Å². The van der Waals surface area contributed by atoms with Crippen molar-refractivity contribution in [1.82, 2.24) is 29.1 Å². The number of aliphatic hydroxyl groups excluding tert-OH is 1. The summed E-state index contributed by atoms with van der Waals surface area (Å²) in [6.45, 7) is 0.217. The van der Waals surface area contributed by atoms with E-state index in [0.29, 0.717) is 28.8 Å². The number of aromatic nitrogens is 6. The molecule has 10 heteroatoms. The van der Waals surface area contributed by atoms with Crippen molar-refractivity contribution >= 4 is 22.2 Å². The monoisotopic (exact) mass is 474 g/mol. The van der Waals surface area contributed by atoms with Crippen molar-refractivity contribution in [3.05, 3.63) is 76.4 Å². The summed E-state index contributed by atoms with van der Waals surface area (Å²) in [6, 6.07) is 11.7. The number of nitrogens with zero attached hydrogens (tertiary/aromatic N) is 5. The normalized spacial score (nSPS) is 16.5. The van der Waals surface area contributed by atoms with Crippen LogP contribution in [0.1, 0.15) is 43.0 Å². The molecule has 0 saturated carbocycles. The lowest BCUT2D eigenvalue weighted by Gasteiger charge is -2.21. The Kier molecular flexibility index (Phi) is 5.29. The minimum absolute atomic E-state index is 0.190. The molecule has 1 atom stereocenters. The second-order valence-electron chi connectivity index (χ2n) is 8.63. The van der Waals surface area contributed by atoms with Gasteiger partial charge in [-0.1, -0.05) is 24.6 Å². The fourth-order valence-corrected chi connectivity index (χ4v) is 4.81. The highest BCUT2D eigenvalue weighted by molar-refractivity contribution is 5.78. The first-order valence-corrected chi connectivity index (χ1v) is 11.6. The summed E-state index contributed by atoms with van der Waals surface area (Å²) in [4.78, 5) is 29.6. The van der Waals surface area contributed by atoms with Crippen molar-refractivity contribution in [1.29, 1.82) is 0 Å². The van der Waals surface area contributed by atoms with Crippen LogP contribution >= 0.6 is 0 Å². The third-order valence-electron chi connectivity index (χ3n) is 6.48. The van der Waals surface area contributed by atoms with Crippen molar-refractivity contribution in [2.75, 3.05) is 6.61 Å². The Balaban J connectivity index is 1.59. The summed E-state index contributed by atoms with van der Waals surface area (Å²) in [5.74, 6) is 0.520. The second-order valence-corrected chi connectivity index (χ2v) is 8.63. The van der Waals surface area contributed by atoms with E-state index in [9.17, 15) is 14.3 Å². The van der Waals surface area contributed by atoms with Gasteiger partial charge in [0.05, 0.1) is 36.0 Å². The van der Waals surface area contributed by atoms with Crippen molar-refractivity contribution in [3.63, 3.8) is 0 Å². The molecule has 35 heavy (non-hydrogen) atoms. The summed E-state index contributed by atoms with van der Waals surface area (Å²) in [5.41, 5.74) is 2.62. The molecule has 1 aliphatic heterocycles. The Bertz CT molecular complexity index is 1600. The number of H-pyrrole nitrogens is 1. The zero-order chi connectivity index (χ0) is 23.9. The van der Waals surface area contributed by atoms with Crippen LogP contribution in [0.2, 0.25) is 0 Å². The lowest BCUT2D eigenvalue weighted by atomic mass is 9.99. The highest BCUT2D eigenvalue weighted by Crippen LogP contribution is 2.34. The zero-order valence-electron chi connectivity index (χ0n) is 18.8. The maximum atomic E-state index is 14.0. The number of benzene rings is 2. The molecule has 6 rings (SSSR count). The molecule has 0 aliphatic carbocycles. The average Bonchev–Trinajstić information content (AvgIpc) is 3.45. The van der Waals surface area contributed by atoms with Gasteiger partial charge in [-0.3, -0.25) is 9.13 Å². The van der Waals surface area contributed by atoms with Crippen molar-refractivity contribution in [3.8, 4) is 11.7 Å². The fourth-order valence-electron chi connectivity index (χ4n) is 4.81. The van der Waals surface area contributed by atoms with Gasteiger partial charge in [0.25, 0.3) is 0 Å². The minimum Gasteiger partial charge on any atom is -0.493 e. The smallest absolute Gasteiger partial charge is 0.328 e. The molecule has 1 unspecified atom stereocenters. The third kappa shape index (κ3) is 3.66. The van der Waals surface area contributed by atoms with Gasteiger partial charge in [-0.15, -0.1) is 0 Å². The molecule has 9 nitrogen and oxygen atoms in total. The topological polar surface area (TPSA) is 111 Å². The van der Waals surface area contributed by atoms with Crippen molar-refractivity contribution in [2.45, 2.75) is 38.3 Å². The number of fused-ring (bicyclic) bond motifs is 3. The number of imidazole rings is 2. The predicted octanol–water partition coefficient (Wildman–Crippen LogP) is 3.63. The summed E-state index contributed by atoms with van der Waals surface area (Å²) in [6.07, 6.45) is 5.06. The van der Waals surface area contributed by atoms with Crippen LogP contribution in [0, 0.1) is 5.82 Å². The molecule has 0 radical (unpaired) electrons. The van der Waals surface area contributed by atoms with Crippen LogP contribution in [0.4, 0.5) is 4.39 Å². The first-order chi connectivity index (χ1) is 17.1. The number of rotatable bonds is 3. The van der Waals surface area contributed by atoms with Crippen molar-refractivity contribution in [2.24, 2.45) is 0 Å². The van der Waals surface area contributed by atoms with E-state index in [1.165, 1.54) is 18.5 Å². The van der Waals surface area contributed by atoms with E-state index in [1.54, 1.807) is 15.2 Å². The van der Waals surface area contributed by atoms with Gasteiger partial charge in [0.15, 0.2) is 5.65 Å². The molecule has 0 bridgehead atoms. The molecule has 4 heterocycles. The van der Waals surface area contributed by atoms with E-state index < -0.39 is 12.4 Å². The Morgan fingerprint density at radius 1 is 1.14 bits per heavy atom. The van der Waals surface area contributed by atoms with Crippen LogP contribution in [0.25, 0.3) is 28.1 Å². The van der Waals surface area contributed by atoms with E-state index in [4.69, 9.17) is 9.72 Å². The van der Waals surface area contributed by atoms with Crippen LogP contribution in [0.15, 0.2) is 53.6 Å². The molecule has 0 fully saturated rings. The van der Waals surface area contributed by atoms with Crippen LogP contribution in [0.3, 0.4) is 0 Å². The Labute approximate surface area is 198 Å².